The SMILES string of the molecule is COC(CCc1ccccc1)O[SiH3]. The van der Waals surface area contributed by atoms with E-state index in [-0.39, 0.29) is 6.29 Å². The smallest absolute Gasteiger partial charge is 0.149 e. The van der Waals surface area contributed by atoms with Gasteiger partial charge in [0.1, 0.15) is 16.8 Å². The van der Waals surface area contributed by atoms with E-state index in [1.807, 2.05) is 6.07 Å². The predicted molar refractivity (Wildman–Crippen MR) is 56.6 cm³/mol. The highest BCUT2D eigenvalue weighted by atomic mass is 28.2. The van der Waals surface area contributed by atoms with E-state index >= 15 is 0 Å². The molecular weight excluding hydrogens is 180 g/mol. The quantitative estimate of drug-likeness (QED) is 0.514. The lowest BCUT2D eigenvalue weighted by molar-refractivity contribution is -0.0534. The summed E-state index contributed by atoms with van der Waals surface area (Å²) in [6, 6.07) is 10.4. The second-order valence-electron chi connectivity index (χ2n) is 2.93. The van der Waals surface area contributed by atoms with Gasteiger partial charge in [-0.25, -0.2) is 0 Å². The zero-order valence-electron chi connectivity index (χ0n) is 8.19. The summed E-state index contributed by atoms with van der Waals surface area (Å²) in [6.45, 7) is 0. The fourth-order valence-corrected chi connectivity index (χ4v) is 1.69. The topological polar surface area (TPSA) is 18.5 Å². The van der Waals surface area contributed by atoms with Crippen LogP contribution in [0, 0.1) is 0 Å². The molecule has 1 aromatic rings. The highest BCUT2D eigenvalue weighted by molar-refractivity contribution is 5.98. The predicted octanol–water partition coefficient (Wildman–Crippen LogP) is 0.889. The van der Waals surface area contributed by atoms with Crippen molar-refractivity contribution < 1.29 is 9.16 Å². The van der Waals surface area contributed by atoms with Gasteiger partial charge in [-0.2, -0.15) is 0 Å². The Morgan fingerprint density at radius 1 is 1.31 bits per heavy atom. The van der Waals surface area contributed by atoms with E-state index in [1.54, 1.807) is 7.11 Å². The number of benzene rings is 1. The Kier molecular flexibility index (Phi) is 4.75. The van der Waals surface area contributed by atoms with Gasteiger partial charge in [-0.15, -0.1) is 0 Å². The number of aryl methyl sites for hydroxylation is 1. The summed E-state index contributed by atoms with van der Waals surface area (Å²) >= 11 is 0. The summed E-state index contributed by atoms with van der Waals surface area (Å²) < 4.78 is 10.4. The number of rotatable bonds is 5. The molecule has 0 aromatic heterocycles. The minimum Gasteiger partial charge on any atom is -0.404 e. The van der Waals surface area contributed by atoms with E-state index < -0.39 is 0 Å². The second-order valence-corrected chi connectivity index (χ2v) is 3.40. The van der Waals surface area contributed by atoms with Crippen molar-refractivity contribution in [3.8, 4) is 0 Å². The van der Waals surface area contributed by atoms with Crippen molar-refractivity contribution in [3.05, 3.63) is 35.9 Å². The van der Waals surface area contributed by atoms with Crippen LogP contribution in [0.5, 0.6) is 0 Å². The zero-order chi connectivity index (χ0) is 9.52. The molecule has 0 heterocycles. The van der Waals surface area contributed by atoms with Gasteiger partial charge in [-0.05, 0) is 12.0 Å². The minimum absolute atomic E-state index is 0.0214. The van der Waals surface area contributed by atoms with Crippen LogP contribution in [0.4, 0.5) is 0 Å². The van der Waals surface area contributed by atoms with Crippen molar-refractivity contribution in [1.29, 1.82) is 0 Å². The molecule has 0 aliphatic carbocycles. The lowest BCUT2D eigenvalue weighted by Crippen LogP contribution is -2.14. The lowest BCUT2D eigenvalue weighted by Gasteiger charge is -2.13. The van der Waals surface area contributed by atoms with Crippen LogP contribution in [0.3, 0.4) is 0 Å². The van der Waals surface area contributed by atoms with Crippen molar-refractivity contribution in [2.24, 2.45) is 0 Å². The van der Waals surface area contributed by atoms with Crippen LogP contribution in [0.15, 0.2) is 30.3 Å². The summed E-state index contributed by atoms with van der Waals surface area (Å²) in [5.41, 5.74) is 1.34. The largest absolute Gasteiger partial charge is 0.404 e. The van der Waals surface area contributed by atoms with Crippen LogP contribution in [-0.4, -0.2) is 23.9 Å². The summed E-state index contributed by atoms with van der Waals surface area (Å²) in [5.74, 6) is 0. The molecule has 0 bridgehead atoms. The first-order valence-electron chi connectivity index (χ1n) is 4.46. The van der Waals surface area contributed by atoms with E-state index in [4.69, 9.17) is 9.16 Å². The molecule has 0 radical (unpaired) electrons. The number of methoxy groups -OCH3 is 1. The van der Waals surface area contributed by atoms with Gasteiger partial charge in [-0.1, -0.05) is 30.3 Å². The highest BCUT2D eigenvalue weighted by Crippen LogP contribution is 2.06. The Labute approximate surface area is 82.4 Å². The summed E-state index contributed by atoms with van der Waals surface area (Å²) in [6.07, 6.45) is 1.93. The first-order chi connectivity index (χ1) is 6.36. The molecular formula is C10H16O2Si. The minimum atomic E-state index is -0.0214. The standard InChI is InChI=1S/C10H16O2Si/c1-11-10(12-13)8-7-9-5-3-2-4-6-9/h2-6,10H,7-8H2,1,13H3. The Morgan fingerprint density at radius 2 is 2.00 bits per heavy atom. The number of hydrogen-bond donors (Lipinski definition) is 0. The molecule has 72 valence electrons. The van der Waals surface area contributed by atoms with E-state index in [0.29, 0.717) is 0 Å². The molecule has 0 spiro atoms. The van der Waals surface area contributed by atoms with Gasteiger partial charge in [0, 0.05) is 13.5 Å². The van der Waals surface area contributed by atoms with Gasteiger partial charge >= 0.3 is 0 Å². The molecule has 1 unspecified atom stereocenters. The second kappa shape index (κ2) is 5.91. The maximum Gasteiger partial charge on any atom is 0.149 e. The van der Waals surface area contributed by atoms with Crippen molar-refractivity contribution in [2.75, 3.05) is 7.11 Å². The molecule has 0 saturated carbocycles. The fraction of sp³-hybridized carbons (Fsp3) is 0.400. The first kappa shape index (κ1) is 10.4. The van der Waals surface area contributed by atoms with Crippen LogP contribution in [0.1, 0.15) is 12.0 Å². The Morgan fingerprint density at radius 3 is 2.54 bits per heavy atom. The number of ether oxygens (including phenoxy) is 1. The molecule has 0 fully saturated rings. The van der Waals surface area contributed by atoms with Crippen molar-refractivity contribution in [3.63, 3.8) is 0 Å². The Balaban J connectivity index is 2.34. The van der Waals surface area contributed by atoms with Crippen LogP contribution in [0.2, 0.25) is 0 Å². The first-order valence-corrected chi connectivity index (χ1v) is 5.28. The number of hydrogen-bond acceptors (Lipinski definition) is 2. The highest BCUT2D eigenvalue weighted by Gasteiger charge is 2.03. The summed E-state index contributed by atoms with van der Waals surface area (Å²) in [5, 5.41) is 0. The summed E-state index contributed by atoms with van der Waals surface area (Å²) in [4.78, 5) is 0. The Hall–Kier alpha value is -0.643. The molecule has 1 rings (SSSR count). The van der Waals surface area contributed by atoms with E-state index in [0.717, 1.165) is 23.3 Å². The van der Waals surface area contributed by atoms with Crippen LogP contribution >= 0.6 is 0 Å². The summed E-state index contributed by atoms with van der Waals surface area (Å²) in [7, 11) is 2.42. The van der Waals surface area contributed by atoms with Gasteiger partial charge < -0.3 is 9.16 Å². The molecule has 1 aromatic carbocycles. The fourth-order valence-electron chi connectivity index (χ4n) is 1.26. The maximum atomic E-state index is 5.24. The average molecular weight is 196 g/mol. The van der Waals surface area contributed by atoms with Gasteiger partial charge in [0.05, 0.1) is 0 Å². The molecule has 2 nitrogen and oxygen atoms in total. The molecule has 0 aliphatic heterocycles. The third kappa shape index (κ3) is 3.72. The monoisotopic (exact) mass is 196 g/mol. The van der Waals surface area contributed by atoms with Gasteiger partial charge in [-0.3, -0.25) is 0 Å². The maximum absolute atomic E-state index is 5.24. The molecule has 0 aliphatic rings. The zero-order valence-corrected chi connectivity index (χ0v) is 10.2. The lowest BCUT2D eigenvalue weighted by atomic mass is 10.1. The molecule has 0 amide bonds. The van der Waals surface area contributed by atoms with Crippen LogP contribution in [0.25, 0.3) is 0 Å². The molecule has 1 atom stereocenters. The molecule has 3 heteroatoms. The molecule has 13 heavy (non-hydrogen) atoms. The average Bonchev–Trinajstić information content (AvgIpc) is 2.21. The van der Waals surface area contributed by atoms with E-state index in [2.05, 4.69) is 24.3 Å². The molecule has 0 saturated heterocycles. The third-order valence-electron chi connectivity index (χ3n) is 2.04. The van der Waals surface area contributed by atoms with Crippen molar-refractivity contribution in [1.82, 2.24) is 0 Å². The van der Waals surface area contributed by atoms with Crippen molar-refractivity contribution >= 4 is 10.5 Å². The Bertz CT molecular complexity index is 222. The van der Waals surface area contributed by atoms with E-state index in [1.165, 1.54) is 5.56 Å². The molecule has 0 N–H and O–H groups in total. The van der Waals surface area contributed by atoms with Gasteiger partial charge in [0.15, 0.2) is 0 Å². The van der Waals surface area contributed by atoms with Gasteiger partial charge in [0.25, 0.3) is 0 Å². The van der Waals surface area contributed by atoms with Crippen LogP contribution < -0.4 is 0 Å². The van der Waals surface area contributed by atoms with Crippen LogP contribution in [-0.2, 0) is 15.6 Å². The van der Waals surface area contributed by atoms with Crippen molar-refractivity contribution in [2.45, 2.75) is 19.1 Å². The normalized spacial score (nSPS) is 13.0. The third-order valence-corrected chi connectivity index (χ3v) is 2.56. The van der Waals surface area contributed by atoms with Gasteiger partial charge in [0.2, 0.25) is 0 Å². The van der Waals surface area contributed by atoms with E-state index in [9.17, 15) is 0 Å².